The summed E-state index contributed by atoms with van der Waals surface area (Å²) in [6, 6.07) is 3.01. The van der Waals surface area contributed by atoms with Crippen molar-refractivity contribution in [1.82, 2.24) is 0 Å². The van der Waals surface area contributed by atoms with Crippen LogP contribution in [0.3, 0.4) is 0 Å². The molecule has 3 rings (SSSR count). The summed E-state index contributed by atoms with van der Waals surface area (Å²) < 4.78 is 0. The lowest BCUT2D eigenvalue weighted by Crippen LogP contribution is -2.31. The molecule has 0 radical (unpaired) electrons. The lowest BCUT2D eigenvalue weighted by atomic mass is 9.87. The Kier molecular flexibility index (Phi) is 4.43. The van der Waals surface area contributed by atoms with Crippen molar-refractivity contribution in [3.63, 3.8) is 0 Å². The van der Waals surface area contributed by atoms with Crippen molar-refractivity contribution < 1.29 is 4.98 Å². The molecule has 0 aromatic carbocycles. The van der Waals surface area contributed by atoms with Crippen molar-refractivity contribution in [2.75, 3.05) is 5.32 Å². The van der Waals surface area contributed by atoms with Gasteiger partial charge < -0.3 is 0 Å². The van der Waals surface area contributed by atoms with Crippen LogP contribution in [0.4, 0.5) is 5.82 Å². The number of pyridine rings is 1. The number of hydrogen-bond donors (Lipinski definition) is 1. The molecule has 0 aliphatic heterocycles. The number of hydrogen-bond acceptors (Lipinski definition) is 2. The highest BCUT2D eigenvalue weighted by molar-refractivity contribution is 5.56. The minimum atomic E-state index is 0.536. The Bertz CT molecular complexity index is 551. The average molecular weight is 284 g/mol. The van der Waals surface area contributed by atoms with Crippen LogP contribution in [0.1, 0.15) is 74.3 Å². The number of aromatic nitrogens is 1. The first-order valence-electron chi connectivity index (χ1n) is 8.60. The molecule has 0 unspecified atom stereocenters. The van der Waals surface area contributed by atoms with Gasteiger partial charge in [0.15, 0.2) is 0 Å². The second-order valence-electron chi connectivity index (χ2n) is 6.46. The highest BCUT2D eigenvalue weighted by Crippen LogP contribution is 2.30. The van der Waals surface area contributed by atoms with Gasteiger partial charge in [0.1, 0.15) is 17.3 Å². The van der Waals surface area contributed by atoms with E-state index in [0.29, 0.717) is 6.04 Å². The summed E-state index contributed by atoms with van der Waals surface area (Å²) in [5.41, 5.74) is 4.96. The molecule has 112 valence electrons. The monoisotopic (exact) mass is 284 g/mol. The third-order valence-electron chi connectivity index (χ3n) is 5.08. The maximum Gasteiger partial charge on any atom is 0.291 e. The van der Waals surface area contributed by atoms with Gasteiger partial charge in [0.2, 0.25) is 0 Å². The van der Waals surface area contributed by atoms with Crippen LogP contribution in [0.2, 0.25) is 0 Å². The van der Waals surface area contributed by atoms with Crippen LogP contribution < -0.4 is 10.3 Å². The SMILES string of the molecule is CCc1[nH+]c(NC2CCCCC2)c(C#N)c2c1CCCC2. The van der Waals surface area contributed by atoms with Crippen molar-refractivity contribution in [3.8, 4) is 6.07 Å². The second kappa shape index (κ2) is 6.47. The van der Waals surface area contributed by atoms with E-state index in [-0.39, 0.29) is 0 Å². The van der Waals surface area contributed by atoms with Gasteiger partial charge in [0, 0.05) is 6.42 Å². The van der Waals surface area contributed by atoms with E-state index in [1.54, 1.807) is 0 Å². The van der Waals surface area contributed by atoms with Crippen molar-refractivity contribution in [2.24, 2.45) is 0 Å². The van der Waals surface area contributed by atoms with E-state index in [2.05, 4.69) is 23.3 Å². The smallest absolute Gasteiger partial charge is 0.271 e. The fourth-order valence-corrected chi connectivity index (χ4v) is 3.94. The van der Waals surface area contributed by atoms with Crippen LogP contribution >= 0.6 is 0 Å². The summed E-state index contributed by atoms with van der Waals surface area (Å²) in [6.07, 6.45) is 12.1. The van der Waals surface area contributed by atoms with Gasteiger partial charge in [-0.25, -0.2) is 4.98 Å². The largest absolute Gasteiger partial charge is 0.291 e. The predicted molar refractivity (Wildman–Crippen MR) is 84.2 cm³/mol. The molecule has 0 bridgehead atoms. The highest BCUT2D eigenvalue weighted by Gasteiger charge is 2.27. The zero-order chi connectivity index (χ0) is 14.7. The first-order valence-corrected chi connectivity index (χ1v) is 8.60. The van der Waals surface area contributed by atoms with Crippen molar-refractivity contribution in [2.45, 2.75) is 77.2 Å². The Labute approximate surface area is 127 Å². The summed E-state index contributed by atoms with van der Waals surface area (Å²) in [5, 5.41) is 13.3. The summed E-state index contributed by atoms with van der Waals surface area (Å²) in [5.74, 6) is 0.988. The van der Waals surface area contributed by atoms with E-state index in [4.69, 9.17) is 0 Å². The number of nitrogens with zero attached hydrogens (tertiary/aromatic N) is 1. The molecule has 1 fully saturated rings. The van der Waals surface area contributed by atoms with E-state index in [0.717, 1.165) is 30.6 Å². The molecule has 0 saturated heterocycles. The van der Waals surface area contributed by atoms with Gasteiger partial charge in [-0.15, -0.1) is 0 Å². The number of anilines is 1. The molecule has 3 heteroatoms. The predicted octanol–water partition coefficient (Wildman–Crippen LogP) is 3.56. The van der Waals surface area contributed by atoms with Crippen LogP contribution in [-0.2, 0) is 19.3 Å². The molecule has 1 saturated carbocycles. The maximum atomic E-state index is 9.66. The van der Waals surface area contributed by atoms with Gasteiger partial charge in [-0.3, -0.25) is 5.32 Å². The molecule has 1 aromatic heterocycles. The Balaban J connectivity index is 1.96. The van der Waals surface area contributed by atoms with Crippen LogP contribution in [-0.4, -0.2) is 6.04 Å². The number of aryl methyl sites for hydroxylation is 1. The molecule has 0 atom stereocenters. The van der Waals surface area contributed by atoms with Crippen molar-refractivity contribution >= 4 is 5.82 Å². The van der Waals surface area contributed by atoms with E-state index >= 15 is 0 Å². The second-order valence-corrected chi connectivity index (χ2v) is 6.46. The van der Waals surface area contributed by atoms with Gasteiger partial charge in [-0.2, -0.15) is 5.26 Å². The third-order valence-corrected chi connectivity index (χ3v) is 5.08. The first kappa shape index (κ1) is 14.4. The minimum absolute atomic E-state index is 0.536. The van der Waals surface area contributed by atoms with E-state index in [9.17, 15) is 5.26 Å². The molecule has 3 nitrogen and oxygen atoms in total. The first-order chi connectivity index (χ1) is 10.3. The van der Waals surface area contributed by atoms with E-state index < -0.39 is 0 Å². The van der Waals surface area contributed by atoms with Gasteiger partial charge >= 0.3 is 0 Å². The number of nitrogens with one attached hydrogen (secondary N) is 2. The summed E-state index contributed by atoms with van der Waals surface area (Å²) in [6.45, 7) is 2.21. The summed E-state index contributed by atoms with van der Waals surface area (Å²) >= 11 is 0. The number of aromatic amines is 1. The van der Waals surface area contributed by atoms with Gasteiger partial charge in [-0.1, -0.05) is 13.3 Å². The molecular weight excluding hydrogens is 258 g/mol. The Morgan fingerprint density at radius 1 is 1.10 bits per heavy atom. The molecule has 21 heavy (non-hydrogen) atoms. The summed E-state index contributed by atoms with van der Waals surface area (Å²) in [4.78, 5) is 3.56. The normalized spacial score (nSPS) is 18.9. The Morgan fingerprint density at radius 3 is 2.48 bits per heavy atom. The van der Waals surface area contributed by atoms with Gasteiger partial charge in [0.25, 0.3) is 5.82 Å². The molecule has 2 N–H and O–H groups in total. The molecule has 2 aliphatic carbocycles. The number of H-pyrrole nitrogens is 1. The molecule has 0 amide bonds. The van der Waals surface area contributed by atoms with Gasteiger partial charge in [0.05, 0.1) is 6.04 Å². The fraction of sp³-hybridized carbons (Fsp3) is 0.667. The molecule has 1 heterocycles. The zero-order valence-corrected chi connectivity index (χ0v) is 13.1. The van der Waals surface area contributed by atoms with Crippen molar-refractivity contribution in [1.29, 1.82) is 5.26 Å². The van der Waals surface area contributed by atoms with E-state index in [1.807, 2.05) is 0 Å². The molecular formula is C18H26N3+. The zero-order valence-electron chi connectivity index (χ0n) is 13.1. The third kappa shape index (κ3) is 2.90. The highest BCUT2D eigenvalue weighted by atomic mass is 15.0. The lowest BCUT2D eigenvalue weighted by Gasteiger charge is -2.22. The quantitative estimate of drug-likeness (QED) is 0.922. The van der Waals surface area contributed by atoms with E-state index in [1.165, 1.54) is 61.8 Å². The van der Waals surface area contributed by atoms with Crippen LogP contribution in [0.25, 0.3) is 0 Å². The van der Waals surface area contributed by atoms with Crippen LogP contribution in [0, 0.1) is 11.3 Å². The molecule has 2 aliphatic rings. The fourth-order valence-electron chi connectivity index (χ4n) is 3.94. The average Bonchev–Trinajstić information content (AvgIpc) is 2.55. The molecule has 0 spiro atoms. The number of nitriles is 1. The topological polar surface area (TPSA) is 50.0 Å². The Morgan fingerprint density at radius 2 is 1.81 bits per heavy atom. The molecule has 1 aromatic rings. The summed E-state index contributed by atoms with van der Waals surface area (Å²) in [7, 11) is 0. The lowest BCUT2D eigenvalue weighted by molar-refractivity contribution is -0.375. The van der Waals surface area contributed by atoms with Gasteiger partial charge in [-0.05, 0) is 62.5 Å². The standard InChI is InChI=1S/C18H25N3/c1-2-17-15-11-7-6-10-14(15)16(12-19)18(21-17)20-13-8-4-3-5-9-13/h13H,2-11H2,1H3,(H,20,21)/p+1. The number of fused-ring (bicyclic) bond motifs is 1. The Hall–Kier alpha value is -1.56. The van der Waals surface area contributed by atoms with Crippen molar-refractivity contribution in [3.05, 3.63) is 22.4 Å². The maximum absolute atomic E-state index is 9.66. The van der Waals surface area contributed by atoms with Crippen LogP contribution in [0.5, 0.6) is 0 Å². The number of rotatable bonds is 3. The van der Waals surface area contributed by atoms with Crippen LogP contribution in [0.15, 0.2) is 0 Å². The minimum Gasteiger partial charge on any atom is -0.271 e.